The van der Waals surface area contributed by atoms with E-state index in [-0.39, 0.29) is 18.6 Å². The van der Waals surface area contributed by atoms with Crippen LogP contribution in [0.25, 0.3) is 0 Å². The van der Waals surface area contributed by atoms with Gasteiger partial charge >= 0.3 is 11.8 Å². The quantitative estimate of drug-likeness (QED) is 0.287. The van der Waals surface area contributed by atoms with Crippen molar-refractivity contribution in [3.8, 4) is 5.75 Å². The first kappa shape index (κ1) is 24.4. The zero-order valence-electron chi connectivity index (χ0n) is 16.9. The normalized spacial score (nSPS) is 11.6. The number of amides is 3. The van der Waals surface area contributed by atoms with Gasteiger partial charge in [-0.1, -0.05) is 40.5 Å². The molecule has 8 nitrogen and oxygen atoms in total. The second kappa shape index (κ2) is 12.1. The Labute approximate surface area is 193 Å². The fraction of sp³-hybridized carbons (Fsp3) is 0.238. The van der Waals surface area contributed by atoms with Crippen molar-refractivity contribution in [2.45, 2.75) is 26.3 Å². The van der Waals surface area contributed by atoms with Gasteiger partial charge in [0.25, 0.3) is 5.91 Å². The van der Waals surface area contributed by atoms with Gasteiger partial charge in [-0.2, -0.15) is 5.10 Å². The molecule has 0 saturated heterocycles. The Morgan fingerprint density at radius 3 is 2.68 bits per heavy atom. The number of carbonyl (C=O) groups excluding carboxylic acids is 3. The summed E-state index contributed by atoms with van der Waals surface area (Å²) in [5.74, 6) is -1.65. The minimum absolute atomic E-state index is 0.120. The lowest BCUT2D eigenvalue weighted by molar-refractivity contribution is -0.139. The number of benzene rings is 2. The molecule has 1 atom stereocenters. The Balaban J connectivity index is 1.96. The van der Waals surface area contributed by atoms with Crippen molar-refractivity contribution >= 4 is 57.2 Å². The lowest BCUT2D eigenvalue weighted by Crippen LogP contribution is -2.41. The van der Waals surface area contributed by atoms with Crippen molar-refractivity contribution in [2.24, 2.45) is 5.10 Å². The standard InChI is InChI=1S/C21H22BrClN4O4/c1-3-13(2)25-20(29)21(30)27-24-11-14-9-15(22)7-8-18(14)31-12-19(28)26-17-6-4-5-16(23)10-17/h4-11,13H,3,12H2,1-2H3,(H,25,29)(H,26,28)(H,27,30)/b24-11-/t13-/m1/s1. The number of nitrogens with one attached hydrogen (secondary N) is 3. The summed E-state index contributed by atoms with van der Waals surface area (Å²) in [6.45, 7) is 3.44. The van der Waals surface area contributed by atoms with Crippen LogP contribution in [0.15, 0.2) is 52.0 Å². The molecule has 0 spiro atoms. The smallest absolute Gasteiger partial charge is 0.329 e. The molecule has 0 aliphatic carbocycles. The Morgan fingerprint density at radius 2 is 1.97 bits per heavy atom. The van der Waals surface area contributed by atoms with Crippen LogP contribution < -0.4 is 20.8 Å². The summed E-state index contributed by atoms with van der Waals surface area (Å²) in [7, 11) is 0. The molecular formula is C21H22BrClN4O4. The zero-order chi connectivity index (χ0) is 22.8. The van der Waals surface area contributed by atoms with Gasteiger partial charge in [0.1, 0.15) is 5.75 Å². The summed E-state index contributed by atoms with van der Waals surface area (Å²) in [5, 5.41) is 9.53. The maximum absolute atomic E-state index is 12.1. The topological polar surface area (TPSA) is 109 Å². The Morgan fingerprint density at radius 1 is 1.19 bits per heavy atom. The van der Waals surface area contributed by atoms with E-state index in [1.807, 2.05) is 6.92 Å². The van der Waals surface area contributed by atoms with Gasteiger partial charge in [-0.05, 0) is 49.7 Å². The molecule has 0 radical (unpaired) electrons. The van der Waals surface area contributed by atoms with E-state index in [1.54, 1.807) is 49.4 Å². The highest BCUT2D eigenvalue weighted by Crippen LogP contribution is 2.22. The van der Waals surface area contributed by atoms with Gasteiger partial charge in [-0.25, -0.2) is 5.43 Å². The summed E-state index contributed by atoms with van der Waals surface area (Å²) >= 11 is 9.25. The van der Waals surface area contributed by atoms with E-state index in [0.29, 0.717) is 28.4 Å². The van der Waals surface area contributed by atoms with Crippen molar-refractivity contribution in [1.82, 2.24) is 10.7 Å². The predicted octanol–water partition coefficient (Wildman–Crippen LogP) is 3.48. The van der Waals surface area contributed by atoms with Crippen LogP contribution in [0.1, 0.15) is 25.8 Å². The van der Waals surface area contributed by atoms with E-state index in [1.165, 1.54) is 6.21 Å². The highest BCUT2D eigenvalue weighted by molar-refractivity contribution is 9.10. The molecule has 3 N–H and O–H groups in total. The van der Waals surface area contributed by atoms with Crippen LogP contribution in [0.4, 0.5) is 5.69 Å². The van der Waals surface area contributed by atoms with Crippen molar-refractivity contribution in [3.05, 3.63) is 57.5 Å². The molecule has 0 unspecified atom stereocenters. The molecule has 0 heterocycles. The van der Waals surface area contributed by atoms with Crippen LogP contribution in [0.2, 0.25) is 5.02 Å². The lowest BCUT2D eigenvalue weighted by Gasteiger charge is -2.11. The maximum atomic E-state index is 12.1. The maximum Gasteiger partial charge on any atom is 0.329 e. The summed E-state index contributed by atoms with van der Waals surface area (Å²) in [5.41, 5.74) is 3.21. The second-order valence-corrected chi connectivity index (χ2v) is 7.86. The third kappa shape index (κ3) is 8.39. The molecule has 0 bridgehead atoms. The number of carbonyl (C=O) groups is 3. The number of halogens is 2. The van der Waals surface area contributed by atoms with Gasteiger partial charge in [0.2, 0.25) is 0 Å². The van der Waals surface area contributed by atoms with Gasteiger partial charge in [0, 0.05) is 26.8 Å². The fourth-order valence-electron chi connectivity index (χ4n) is 2.26. The molecule has 0 aliphatic heterocycles. The molecule has 2 aromatic rings. The Bertz CT molecular complexity index is 984. The van der Waals surface area contributed by atoms with Crippen LogP contribution >= 0.6 is 27.5 Å². The number of hydrazone groups is 1. The lowest BCUT2D eigenvalue weighted by atomic mass is 10.2. The van der Waals surface area contributed by atoms with E-state index in [4.69, 9.17) is 16.3 Å². The van der Waals surface area contributed by atoms with Crippen LogP contribution in [0.5, 0.6) is 5.75 Å². The van der Waals surface area contributed by atoms with Crippen LogP contribution in [-0.4, -0.2) is 36.6 Å². The molecule has 3 amide bonds. The van der Waals surface area contributed by atoms with Crippen LogP contribution in [0, 0.1) is 0 Å². The SMILES string of the molecule is CC[C@@H](C)NC(=O)C(=O)N/N=C\c1cc(Br)ccc1OCC(=O)Nc1cccc(Cl)c1. The third-order valence-corrected chi connectivity index (χ3v) is 4.73. The second-order valence-electron chi connectivity index (χ2n) is 6.51. The fourth-order valence-corrected chi connectivity index (χ4v) is 2.83. The van der Waals surface area contributed by atoms with Gasteiger partial charge in [-0.15, -0.1) is 0 Å². The number of nitrogens with zero attached hydrogens (tertiary/aromatic N) is 1. The molecule has 2 aromatic carbocycles. The summed E-state index contributed by atoms with van der Waals surface area (Å²) in [6, 6.07) is 11.7. The average Bonchev–Trinajstić information content (AvgIpc) is 2.72. The Hall–Kier alpha value is -2.91. The monoisotopic (exact) mass is 508 g/mol. The third-order valence-electron chi connectivity index (χ3n) is 4.00. The minimum Gasteiger partial charge on any atom is -0.483 e. The first-order valence-corrected chi connectivity index (χ1v) is 10.6. The van der Waals surface area contributed by atoms with E-state index < -0.39 is 11.8 Å². The molecular weight excluding hydrogens is 488 g/mol. The zero-order valence-corrected chi connectivity index (χ0v) is 19.3. The molecule has 10 heteroatoms. The predicted molar refractivity (Wildman–Crippen MR) is 123 cm³/mol. The molecule has 0 saturated carbocycles. The number of anilines is 1. The molecule has 164 valence electrons. The first-order valence-electron chi connectivity index (χ1n) is 9.40. The van der Waals surface area contributed by atoms with Crippen molar-refractivity contribution in [3.63, 3.8) is 0 Å². The van der Waals surface area contributed by atoms with Gasteiger partial charge in [0.05, 0.1) is 6.21 Å². The van der Waals surface area contributed by atoms with E-state index in [0.717, 1.165) is 4.47 Å². The van der Waals surface area contributed by atoms with Crippen LogP contribution in [-0.2, 0) is 14.4 Å². The van der Waals surface area contributed by atoms with Gasteiger partial charge in [0.15, 0.2) is 6.61 Å². The van der Waals surface area contributed by atoms with Gasteiger partial charge < -0.3 is 15.4 Å². The number of rotatable bonds is 8. The Kier molecular flexibility index (Phi) is 9.48. The molecule has 0 aliphatic rings. The average molecular weight is 510 g/mol. The van der Waals surface area contributed by atoms with E-state index in [2.05, 4.69) is 37.1 Å². The van der Waals surface area contributed by atoms with Crippen molar-refractivity contribution in [1.29, 1.82) is 0 Å². The summed E-state index contributed by atoms with van der Waals surface area (Å²) < 4.78 is 6.32. The van der Waals surface area contributed by atoms with Crippen molar-refractivity contribution < 1.29 is 19.1 Å². The molecule has 31 heavy (non-hydrogen) atoms. The highest BCUT2D eigenvalue weighted by atomic mass is 79.9. The molecule has 2 rings (SSSR count). The largest absolute Gasteiger partial charge is 0.483 e. The molecule has 0 aromatic heterocycles. The minimum atomic E-state index is -0.880. The van der Waals surface area contributed by atoms with Crippen molar-refractivity contribution in [2.75, 3.05) is 11.9 Å². The summed E-state index contributed by atoms with van der Waals surface area (Å²) in [6.07, 6.45) is 2.02. The number of hydrogen-bond donors (Lipinski definition) is 3. The number of hydrogen-bond acceptors (Lipinski definition) is 5. The first-order chi connectivity index (χ1) is 14.8. The van der Waals surface area contributed by atoms with Crippen LogP contribution in [0.3, 0.4) is 0 Å². The highest BCUT2D eigenvalue weighted by Gasteiger charge is 2.14. The van der Waals surface area contributed by atoms with E-state index >= 15 is 0 Å². The van der Waals surface area contributed by atoms with Gasteiger partial charge in [-0.3, -0.25) is 14.4 Å². The number of ether oxygens (including phenoxy) is 1. The summed E-state index contributed by atoms with van der Waals surface area (Å²) in [4.78, 5) is 35.7. The molecule has 0 fully saturated rings. The van der Waals surface area contributed by atoms with E-state index in [9.17, 15) is 14.4 Å².